The molecule has 150 valence electrons. The average Bonchev–Trinajstić information content (AvgIpc) is 2.73. The van der Waals surface area contributed by atoms with E-state index in [1.54, 1.807) is 0 Å². The molecule has 1 N–H and O–H groups in total. The van der Waals surface area contributed by atoms with E-state index in [-0.39, 0.29) is 6.61 Å². The Morgan fingerprint density at radius 3 is 2.71 bits per heavy atom. The van der Waals surface area contributed by atoms with Gasteiger partial charge in [0.25, 0.3) is 0 Å². The number of rotatable bonds is 5. The van der Waals surface area contributed by atoms with Gasteiger partial charge in [-0.05, 0) is 24.3 Å². The highest BCUT2D eigenvalue weighted by molar-refractivity contribution is 5.54. The molecule has 28 heavy (non-hydrogen) atoms. The summed E-state index contributed by atoms with van der Waals surface area (Å²) in [4.78, 5) is 16.7. The maximum Gasteiger partial charge on any atom is 0.227 e. The van der Waals surface area contributed by atoms with E-state index in [1.165, 1.54) is 16.8 Å². The molecule has 0 spiro atoms. The quantitative estimate of drug-likeness (QED) is 0.858. The van der Waals surface area contributed by atoms with Gasteiger partial charge in [-0.2, -0.15) is 4.98 Å². The molecule has 1 aromatic heterocycles. The van der Waals surface area contributed by atoms with Crippen molar-refractivity contribution in [2.75, 3.05) is 50.1 Å². The molecule has 1 aromatic carbocycles. The molecule has 0 saturated carbocycles. The number of nitrogens with zero attached hydrogens (tertiary/aromatic N) is 5. The van der Waals surface area contributed by atoms with Gasteiger partial charge in [-0.1, -0.05) is 30.3 Å². The number of aliphatic hydroxyl groups excluding tert-OH is 1. The summed E-state index contributed by atoms with van der Waals surface area (Å²) in [6, 6.07) is 10.7. The summed E-state index contributed by atoms with van der Waals surface area (Å²) in [6.07, 6.45) is 3.16. The number of anilines is 2. The van der Waals surface area contributed by atoms with Crippen molar-refractivity contribution in [2.45, 2.75) is 32.4 Å². The molecule has 0 amide bonds. The van der Waals surface area contributed by atoms with Crippen LogP contribution in [0.15, 0.2) is 30.3 Å². The van der Waals surface area contributed by atoms with Gasteiger partial charge in [0.15, 0.2) is 0 Å². The first-order chi connectivity index (χ1) is 13.6. The van der Waals surface area contributed by atoms with Crippen molar-refractivity contribution in [1.29, 1.82) is 0 Å². The fourth-order valence-electron chi connectivity index (χ4n) is 4.28. The predicted octanol–water partition coefficient (Wildman–Crippen LogP) is 2.31. The largest absolute Gasteiger partial charge is 0.396 e. The van der Waals surface area contributed by atoms with Crippen LogP contribution >= 0.6 is 0 Å². The van der Waals surface area contributed by atoms with Crippen LogP contribution in [-0.2, 0) is 19.5 Å². The SMILES string of the molecule is CN(C)c1nc2c(c(N3CCC[C@H](CO)C3)n1)CN(Cc1ccccc1)CC2. The minimum atomic E-state index is 0.254. The van der Waals surface area contributed by atoms with Crippen LogP contribution in [0.3, 0.4) is 0 Å². The normalized spacial score (nSPS) is 20.1. The van der Waals surface area contributed by atoms with Gasteiger partial charge in [-0.15, -0.1) is 0 Å². The highest BCUT2D eigenvalue weighted by atomic mass is 16.3. The summed E-state index contributed by atoms with van der Waals surface area (Å²) in [5, 5.41) is 9.67. The molecule has 0 radical (unpaired) electrons. The number of fused-ring (bicyclic) bond motifs is 1. The molecule has 4 rings (SSSR count). The zero-order chi connectivity index (χ0) is 19.5. The molecule has 2 aliphatic heterocycles. The zero-order valence-corrected chi connectivity index (χ0v) is 17.0. The minimum absolute atomic E-state index is 0.254. The molecule has 1 saturated heterocycles. The van der Waals surface area contributed by atoms with Gasteiger partial charge in [0.2, 0.25) is 5.95 Å². The molecule has 1 atom stereocenters. The Hall–Kier alpha value is -2.18. The van der Waals surface area contributed by atoms with Crippen LogP contribution in [0, 0.1) is 5.92 Å². The molecule has 6 nitrogen and oxygen atoms in total. The van der Waals surface area contributed by atoms with Crippen molar-refractivity contribution in [3.8, 4) is 0 Å². The monoisotopic (exact) mass is 381 g/mol. The summed E-state index contributed by atoms with van der Waals surface area (Å²) in [5.74, 6) is 2.20. The van der Waals surface area contributed by atoms with Crippen LogP contribution in [0.1, 0.15) is 29.7 Å². The standard InChI is InChI=1S/C22H31N5O/c1-25(2)22-23-20-10-12-26(13-17-7-4-3-5-8-17)15-19(20)21(24-22)27-11-6-9-18(14-27)16-28/h3-5,7-8,18,28H,6,9-16H2,1-2H3/t18-/m0/s1. The lowest BCUT2D eigenvalue weighted by Crippen LogP contribution is -2.40. The Labute approximate surface area is 167 Å². The number of hydrogen-bond donors (Lipinski definition) is 1. The third-order valence-electron chi connectivity index (χ3n) is 5.83. The Balaban J connectivity index is 1.63. The van der Waals surface area contributed by atoms with Gasteiger partial charge in [-0.3, -0.25) is 4.90 Å². The fraction of sp³-hybridized carbons (Fsp3) is 0.545. The second kappa shape index (κ2) is 8.45. The minimum Gasteiger partial charge on any atom is -0.396 e. The zero-order valence-electron chi connectivity index (χ0n) is 17.0. The second-order valence-electron chi connectivity index (χ2n) is 8.25. The molecule has 2 aromatic rings. The van der Waals surface area contributed by atoms with Crippen molar-refractivity contribution in [3.05, 3.63) is 47.2 Å². The highest BCUT2D eigenvalue weighted by Crippen LogP contribution is 2.31. The van der Waals surface area contributed by atoms with Crippen molar-refractivity contribution in [3.63, 3.8) is 0 Å². The van der Waals surface area contributed by atoms with Crippen LogP contribution in [-0.4, -0.2) is 60.3 Å². The molecular formula is C22H31N5O. The Kier molecular flexibility index (Phi) is 5.78. The van der Waals surface area contributed by atoms with E-state index in [4.69, 9.17) is 9.97 Å². The van der Waals surface area contributed by atoms with Gasteiger partial charge in [0.05, 0.1) is 5.69 Å². The number of hydrogen-bond acceptors (Lipinski definition) is 6. The van der Waals surface area contributed by atoms with Crippen LogP contribution in [0.5, 0.6) is 0 Å². The predicted molar refractivity (Wildman–Crippen MR) is 113 cm³/mol. The van der Waals surface area contributed by atoms with Crippen molar-refractivity contribution in [1.82, 2.24) is 14.9 Å². The smallest absolute Gasteiger partial charge is 0.227 e. The van der Waals surface area contributed by atoms with Crippen molar-refractivity contribution < 1.29 is 5.11 Å². The lowest BCUT2D eigenvalue weighted by atomic mass is 9.97. The van der Waals surface area contributed by atoms with E-state index >= 15 is 0 Å². The highest BCUT2D eigenvalue weighted by Gasteiger charge is 2.28. The van der Waals surface area contributed by atoms with E-state index in [9.17, 15) is 5.11 Å². The second-order valence-corrected chi connectivity index (χ2v) is 8.25. The lowest BCUT2D eigenvalue weighted by molar-refractivity contribution is 0.207. The van der Waals surface area contributed by atoms with E-state index in [2.05, 4.69) is 40.1 Å². The summed E-state index contributed by atoms with van der Waals surface area (Å²) in [7, 11) is 4.01. The molecule has 3 heterocycles. The van der Waals surface area contributed by atoms with Gasteiger partial charge in [0, 0.05) is 65.4 Å². The van der Waals surface area contributed by atoms with E-state index < -0.39 is 0 Å². The fourth-order valence-corrected chi connectivity index (χ4v) is 4.28. The molecule has 6 heteroatoms. The molecular weight excluding hydrogens is 350 g/mol. The van der Waals surface area contributed by atoms with Crippen molar-refractivity contribution >= 4 is 11.8 Å². The Morgan fingerprint density at radius 1 is 1.14 bits per heavy atom. The van der Waals surface area contributed by atoms with Crippen LogP contribution < -0.4 is 9.80 Å². The number of aromatic nitrogens is 2. The van der Waals surface area contributed by atoms with Crippen LogP contribution in [0.2, 0.25) is 0 Å². The van der Waals surface area contributed by atoms with Gasteiger partial charge < -0.3 is 14.9 Å². The van der Waals surface area contributed by atoms with E-state index in [0.717, 1.165) is 63.8 Å². The first-order valence-corrected chi connectivity index (χ1v) is 10.3. The number of benzene rings is 1. The van der Waals surface area contributed by atoms with E-state index in [1.807, 2.05) is 19.0 Å². The molecule has 0 bridgehead atoms. The van der Waals surface area contributed by atoms with E-state index in [0.29, 0.717) is 5.92 Å². The average molecular weight is 382 g/mol. The first kappa shape index (κ1) is 19.2. The Morgan fingerprint density at radius 2 is 1.96 bits per heavy atom. The molecule has 0 unspecified atom stereocenters. The first-order valence-electron chi connectivity index (χ1n) is 10.3. The summed E-state index contributed by atoms with van der Waals surface area (Å²) in [5.41, 5.74) is 3.80. The summed E-state index contributed by atoms with van der Waals surface area (Å²) < 4.78 is 0. The maximum atomic E-state index is 9.67. The summed E-state index contributed by atoms with van der Waals surface area (Å²) in [6.45, 7) is 4.99. The number of aliphatic hydroxyl groups is 1. The third-order valence-corrected chi connectivity index (χ3v) is 5.83. The Bertz CT molecular complexity index is 795. The maximum absolute atomic E-state index is 9.67. The number of piperidine rings is 1. The topological polar surface area (TPSA) is 55.7 Å². The molecule has 1 fully saturated rings. The van der Waals surface area contributed by atoms with Crippen LogP contribution in [0.4, 0.5) is 11.8 Å². The van der Waals surface area contributed by atoms with Gasteiger partial charge in [0.1, 0.15) is 5.82 Å². The summed E-state index contributed by atoms with van der Waals surface area (Å²) >= 11 is 0. The molecule has 0 aliphatic carbocycles. The van der Waals surface area contributed by atoms with Crippen molar-refractivity contribution in [2.24, 2.45) is 5.92 Å². The third kappa shape index (κ3) is 4.13. The van der Waals surface area contributed by atoms with Gasteiger partial charge >= 0.3 is 0 Å². The van der Waals surface area contributed by atoms with Gasteiger partial charge in [-0.25, -0.2) is 4.98 Å². The lowest BCUT2D eigenvalue weighted by Gasteiger charge is -2.37. The van der Waals surface area contributed by atoms with Crippen LogP contribution in [0.25, 0.3) is 0 Å². The molecule has 2 aliphatic rings.